The van der Waals surface area contributed by atoms with Crippen molar-refractivity contribution < 1.29 is 14.2 Å². The van der Waals surface area contributed by atoms with Gasteiger partial charge in [-0.15, -0.1) is 24.8 Å². The van der Waals surface area contributed by atoms with E-state index in [4.69, 9.17) is 14.2 Å². The molecule has 128 valence electrons. The van der Waals surface area contributed by atoms with Crippen molar-refractivity contribution in [3.05, 3.63) is 17.7 Å². The van der Waals surface area contributed by atoms with Gasteiger partial charge in [0.05, 0.1) is 21.3 Å². The molecule has 5 nitrogen and oxygen atoms in total. The molecule has 1 fully saturated rings. The molecule has 0 saturated carbocycles. The maximum absolute atomic E-state index is 5.44. The SMILES string of the molecule is CCN1CCNCC1c1cc(OC)c(OC)c(OC)c1.Cl.Cl. The van der Waals surface area contributed by atoms with Gasteiger partial charge in [0.1, 0.15) is 0 Å². The normalized spacial score (nSPS) is 17.9. The number of nitrogens with zero attached hydrogens (tertiary/aromatic N) is 1. The number of nitrogens with one attached hydrogen (secondary N) is 1. The van der Waals surface area contributed by atoms with Gasteiger partial charge in [0.2, 0.25) is 5.75 Å². The van der Waals surface area contributed by atoms with Crippen molar-refractivity contribution in [2.75, 3.05) is 47.5 Å². The zero-order valence-electron chi connectivity index (χ0n) is 13.5. The molecule has 0 spiro atoms. The first kappa shape index (κ1) is 21.1. The fourth-order valence-corrected chi connectivity index (χ4v) is 2.75. The second-order valence-corrected chi connectivity index (χ2v) is 4.81. The predicted molar refractivity (Wildman–Crippen MR) is 93.5 cm³/mol. The monoisotopic (exact) mass is 352 g/mol. The minimum atomic E-state index is 0. The van der Waals surface area contributed by atoms with Crippen LogP contribution in [-0.2, 0) is 0 Å². The Bertz CT molecular complexity index is 435. The molecule has 0 aromatic heterocycles. The molecule has 22 heavy (non-hydrogen) atoms. The number of piperazine rings is 1. The van der Waals surface area contributed by atoms with Crippen LogP contribution >= 0.6 is 24.8 Å². The Labute approximate surface area is 145 Å². The van der Waals surface area contributed by atoms with Crippen LogP contribution in [0.15, 0.2) is 12.1 Å². The van der Waals surface area contributed by atoms with Crippen molar-refractivity contribution in [1.82, 2.24) is 10.2 Å². The minimum Gasteiger partial charge on any atom is -0.493 e. The molecule has 1 aromatic carbocycles. The molecule has 1 N–H and O–H groups in total. The summed E-state index contributed by atoms with van der Waals surface area (Å²) in [6.07, 6.45) is 0. The van der Waals surface area contributed by atoms with Gasteiger partial charge in [-0.1, -0.05) is 6.92 Å². The van der Waals surface area contributed by atoms with Gasteiger partial charge in [-0.05, 0) is 24.2 Å². The lowest BCUT2D eigenvalue weighted by atomic mass is 10.0. The largest absolute Gasteiger partial charge is 0.493 e. The lowest BCUT2D eigenvalue weighted by molar-refractivity contribution is 0.170. The number of likely N-dealkylation sites (N-methyl/N-ethyl adjacent to an activating group) is 1. The molecule has 7 heteroatoms. The van der Waals surface area contributed by atoms with Crippen LogP contribution in [0.3, 0.4) is 0 Å². The van der Waals surface area contributed by atoms with E-state index in [1.807, 2.05) is 12.1 Å². The Hall–Kier alpha value is -0.880. The van der Waals surface area contributed by atoms with E-state index in [1.165, 1.54) is 5.56 Å². The van der Waals surface area contributed by atoms with Crippen molar-refractivity contribution in [3.63, 3.8) is 0 Å². The van der Waals surface area contributed by atoms with Crippen molar-refractivity contribution in [2.45, 2.75) is 13.0 Å². The van der Waals surface area contributed by atoms with Crippen LogP contribution < -0.4 is 19.5 Å². The van der Waals surface area contributed by atoms with Crippen molar-refractivity contribution in [3.8, 4) is 17.2 Å². The third-order valence-corrected chi connectivity index (χ3v) is 3.83. The van der Waals surface area contributed by atoms with Crippen molar-refractivity contribution in [1.29, 1.82) is 0 Å². The highest BCUT2D eigenvalue weighted by Gasteiger charge is 2.25. The summed E-state index contributed by atoms with van der Waals surface area (Å²) in [6.45, 7) is 6.25. The third-order valence-electron chi connectivity index (χ3n) is 3.83. The average molecular weight is 353 g/mol. The van der Waals surface area contributed by atoms with Gasteiger partial charge in [0.15, 0.2) is 11.5 Å². The highest BCUT2D eigenvalue weighted by atomic mass is 35.5. The molecule has 1 unspecified atom stereocenters. The lowest BCUT2D eigenvalue weighted by Crippen LogP contribution is -2.45. The minimum absolute atomic E-state index is 0. The van der Waals surface area contributed by atoms with Gasteiger partial charge in [-0.2, -0.15) is 0 Å². The van der Waals surface area contributed by atoms with Gasteiger partial charge in [0, 0.05) is 25.7 Å². The summed E-state index contributed by atoms with van der Waals surface area (Å²) in [7, 11) is 4.93. The van der Waals surface area contributed by atoms with E-state index in [1.54, 1.807) is 21.3 Å². The number of halogens is 2. The highest BCUT2D eigenvalue weighted by Crippen LogP contribution is 2.40. The van der Waals surface area contributed by atoms with E-state index in [-0.39, 0.29) is 24.8 Å². The van der Waals surface area contributed by atoms with Crippen molar-refractivity contribution >= 4 is 24.8 Å². The molecule has 0 radical (unpaired) electrons. The van der Waals surface area contributed by atoms with Gasteiger partial charge in [0.25, 0.3) is 0 Å². The molecular weight excluding hydrogens is 327 g/mol. The second kappa shape index (κ2) is 10.0. The molecule has 0 aliphatic carbocycles. The zero-order chi connectivity index (χ0) is 14.5. The summed E-state index contributed by atoms with van der Waals surface area (Å²) >= 11 is 0. The van der Waals surface area contributed by atoms with Crippen LogP contribution in [-0.4, -0.2) is 52.4 Å². The van der Waals surface area contributed by atoms with E-state index in [9.17, 15) is 0 Å². The molecule has 1 aromatic rings. The van der Waals surface area contributed by atoms with Gasteiger partial charge in [-0.3, -0.25) is 4.90 Å². The Balaban J connectivity index is 0.00000220. The van der Waals surface area contributed by atoms with Gasteiger partial charge < -0.3 is 19.5 Å². The van der Waals surface area contributed by atoms with Crippen LogP contribution in [0, 0.1) is 0 Å². The van der Waals surface area contributed by atoms with Gasteiger partial charge >= 0.3 is 0 Å². The first-order chi connectivity index (χ1) is 9.74. The van der Waals surface area contributed by atoms with Crippen molar-refractivity contribution in [2.24, 2.45) is 0 Å². The molecule has 1 aliphatic heterocycles. The quantitative estimate of drug-likeness (QED) is 0.881. The van der Waals surface area contributed by atoms with Crippen LogP contribution in [0.25, 0.3) is 0 Å². The molecule has 2 rings (SSSR count). The number of hydrogen-bond acceptors (Lipinski definition) is 5. The first-order valence-corrected chi connectivity index (χ1v) is 6.99. The number of ether oxygens (including phenoxy) is 3. The standard InChI is InChI=1S/C15H24N2O3.2ClH/c1-5-17-7-6-16-10-12(17)11-8-13(18-2)15(20-4)14(9-11)19-3;;/h8-9,12,16H,5-7,10H2,1-4H3;2*1H. The number of methoxy groups -OCH3 is 3. The maximum atomic E-state index is 5.44. The van der Waals surface area contributed by atoms with E-state index < -0.39 is 0 Å². The lowest BCUT2D eigenvalue weighted by Gasteiger charge is -2.36. The Morgan fingerprint density at radius 2 is 1.68 bits per heavy atom. The summed E-state index contributed by atoms with van der Waals surface area (Å²) in [5, 5.41) is 3.45. The first-order valence-electron chi connectivity index (χ1n) is 6.99. The van der Waals surface area contributed by atoms with E-state index in [0.717, 1.165) is 26.2 Å². The van der Waals surface area contributed by atoms with Crippen LogP contribution in [0.2, 0.25) is 0 Å². The molecular formula is C15H26Cl2N2O3. The third kappa shape index (κ3) is 4.32. The van der Waals surface area contributed by atoms with E-state index in [0.29, 0.717) is 23.3 Å². The predicted octanol–water partition coefficient (Wildman–Crippen LogP) is 2.52. The maximum Gasteiger partial charge on any atom is 0.203 e. The number of hydrogen-bond donors (Lipinski definition) is 1. The fourth-order valence-electron chi connectivity index (χ4n) is 2.75. The topological polar surface area (TPSA) is 43.0 Å². The van der Waals surface area contributed by atoms with Crippen LogP contribution in [0.5, 0.6) is 17.2 Å². The summed E-state index contributed by atoms with van der Waals surface area (Å²) in [5.41, 5.74) is 1.19. The Kier molecular flexibility index (Phi) is 9.60. The second-order valence-electron chi connectivity index (χ2n) is 4.81. The molecule has 1 heterocycles. The van der Waals surface area contributed by atoms with Crippen LogP contribution in [0.1, 0.15) is 18.5 Å². The Morgan fingerprint density at radius 1 is 1.09 bits per heavy atom. The summed E-state index contributed by atoms with van der Waals surface area (Å²) in [5.74, 6) is 2.07. The summed E-state index contributed by atoms with van der Waals surface area (Å²) < 4.78 is 16.2. The van der Waals surface area contributed by atoms with E-state index >= 15 is 0 Å². The fraction of sp³-hybridized carbons (Fsp3) is 0.600. The molecule has 1 aliphatic rings. The molecule has 0 bridgehead atoms. The van der Waals surface area contributed by atoms with E-state index in [2.05, 4.69) is 17.1 Å². The number of rotatable bonds is 5. The highest BCUT2D eigenvalue weighted by molar-refractivity contribution is 5.85. The summed E-state index contributed by atoms with van der Waals surface area (Å²) in [6, 6.07) is 4.42. The molecule has 1 atom stereocenters. The zero-order valence-corrected chi connectivity index (χ0v) is 15.2. The van der Waals surface area contributed by atoms with Crippen LogP contribution in [0.4, 0.5) is 0 Å². The average Bonchev–Trinajstić information content (AvgIpc) is 2.53. The van der Waals surface area contributed by atoms with Gasteiger partial charge in [-0.25, -0.2) is 0 Å². The smallest absolute Gasteiger partial charge is 0.203 e. The molecule has 0 amide bonds. The number of benzene rings is 1. The summed E-state index contributed by atoms with van der Waals surface area (Å²) in [4.78, 5) is 2.46. The Morgan fingerprint density at radius 3 is 2.14 bits per heavy atom. The molecule has 1 saturated heterocycles.